The summed E-state index contributed by atoms with van der Waals surface area (Å²) in [5.74, 6) is 0.432. The summed E-state index contributed by atoms with van der Waals surface area (Å²) in [6.07, 6.45) is 1.71. The molecule has 0 atom stereocenters. The molecule has 0 bridgehead atoms. The zero-order chi connectivity index (χ0) is 9.42. The first-order valence-electron chi connectivity index (χ1n) is 3.96. The van der Waals surface area contributed by atoms with Crippen LogP contribution in [0.1, 0.15) is 5.56 Å². The number of aromatic nitrogens is 2. The fourth-order valence-electron chi connectivity index (χ4n) is 1.29. The molecule has 0 saturated carbocycles. The van der Waals surface area contributed by atoms with E-state index in [0.29, 0.717) is 17.0 Å². The van der Waals surface area contributed by atoms with Gasteiger partial charge in [0.2, 0.25) is 0 Å². The van der Waals surface area contributed by atoms with Gasteiger partial charge in [-0.05, 0) is 18.6 Å². The highest BCUT2D eigenvalue weighted by Crippen LogP contribution is 2.21. The highest BCUT2D eigenvalue weighted by atomic mass is 14.9. The Hall–Kier alpha value is -1.84. The number of rotatable bonds is 0. The first-order chi connectivity index (χ1) is 6.18. The van der Waals surface area contributed by atoms with Crippen molar-refractivity contribution in [1.29, 1.82) is 0 Å². The average molecular weight is 174 g/mol. The summed E-state index contributed by atoms with van der Waals surface area (Å²) in [7, 11) is 0. The predicted molar refractivity (Wildman–Crippen MR) is 53.1 cm³/mol. The summed E-state index contributed by atoms with van der Waals surface area (Å²) >= 11 is 0. The molecule has 0 fully saturated rings. The lowest BCUT2D eigenvalue weighted by Gasteiger charge is -2.03. The summed E-state index contributed by atoms with van der Waals surface area (Å²) in [6, 6.07) is 3.50. The molecule has 2 rings (SSSR count). The fourth-order valence-corrected chi connectivity index (χ4v) is 1.29. The number of nitrogens with zero attached hydrogens (tertiary/aromatic N) is 2. The molecule has 0 unspecified atom stereocenters. The molecular weight excluding hydrogens is 164 g/mol. The quantitative estimate of drug-likeness (QED) is 0.627. The molecular formula is C9H10N4. The molecule has 0 aromatic carbocycles. The van der Waals surface area contributed by atoms with Gasteiger partial charge < -0.3 is 11.5 Å². The van der Waals surface area contributed by atoms with Crippen LogP contribution in [-0.4, -0.2) is 9.97 Å². The molecule has 4 nitrogen and oxygen atoms in total. The average Bonchev–Trinajstić information content (AvgIpc) is 2.07. The van der Waals surface area contributed by atoms with Crippen LogP contribution in [0.3, 0.4) is 0 Å². The number of aryl methyl sites for hydroxylation is 1. The van der Waals surface area contributed by atoms with E-state index in [0.717, 1.165) is 11.1 Å². The molecule has 0 radical (unpaired) electrons. The van der Waals surface area contributed by atoms with Gasteiger partial charge in [-0.15, -0.1) is 0 Å². The van der Waals surface area contributed by atoms with E-state index >= 15 is 0 Å². The van der Waals surface area contributed by atoms with E-state index < -0.39 is 0 Å². The Balaban J connectivity index is 2.94. The lowest BCUT2D eigenvalue weighted by Crippen LogP contribution is -1.98. The van der Waals surface area contributed by atoms with Crippen LogP contribution < -0.4 is 11.5 Å². The normalized spacial score (nSPS) is 10.5. The maximum absolute atomic E-state index is 5.74. The van der Waals surface area contributed by atoms with Gasteiger partial charge in [-0.2, -0.15) is 0 Å². The molecule has 0 saturated heterocycles. The Morgan fingerprint density at radius 2 is 2.00 bits per heavy atom. The molecule has 2 heterocycles. The van der Waals surface area contributed by atoms with Crippen molar-refractivity contribution in [2.75, 3.05) is 11.5 Å². The van der Waals surface area contributed by atoms with Gasteiger partial charge in [-0.25, -0.2) is 4.98 Å². The van der Waals surface area contributed by atoms with Crippen LogP contribution in [-0.2, 0) is 0 Å². The van der Waals surface area contributed by atoms with Crippen molar-refractivity contribution in [3.63, 3.8) is 0 Å². The molecule has 4 N–H and O–H groups in total. The van der Waals surface area contributed by atoms with Gasteiger partial charge >= 0.3 is 0 Å². The Morgan fingerprint density at radius 3 is 2.77 bits per heavy atom. The summed E-state index contributed by atoms with van der Waals surface area (Å²) in [6.45, 7) is 1.95. The highest BCUT2D eigenvalue weighted by molar-refractivity contribution is 5.89. The van der Waals surface area contributed by atoms with Crippen LogP contribution in [0.4, 0.5) is 11.5 Å². The molecule has 2 aromatic heterocycles. The summed E-state index contributed by atoms with van der Waals surface area (Å²) in [5.41, 5.74) is 14.4. The zero-order valence-corrected chi connectivity index (χ0v) is 7.28. The van der Waals surface area contributed by atoms with Crippen molar-refractivity contribution >= 4 is 22.5 Å². The highest BCUT2D eigenvalue weighted by Gasteiger charge is 2.03. The Labute approximate surface area is 75.6 Å². The summed E-state index contributed by atoms with van der Waals surface area (Å²) < 4.78 is 0. The monoisotopic (exact) mass is 174 g/mol. The van der Waals surface area contributed by atoms with Gasteiger partial charge in [-0.1, -0.05) is 0 Å². The van der Waals surface area contributed by atoms with Crippen LogP contribution >= 0.6 is 0 Å². The van der Waals surface area contributed by atoms with E-state index in [1.54, 1.807) is 12.3 Å². The van der Waals surface area contributed by atoms with E-state index in [4.69, 9.17) is 11.5 Å². The Bertz CT molecular complexity index is 464. The summed E-state index contributed by atoms with van der Waals surface area (Å²) in [5, 5.41) is 0. The topological polar surface area (TPSA) is 77.8 Å². The number of anilines is 2. The third-order valence-electron chi connectivity index (χ3n) is 1.94. The second kappa shape index (κ2) is 2.58. The lowest BCUT2D eigenvalue weighted by atomic mass is 10.2. The van der Waals surface area contributed by atoms with Gasteiger partial charge in [0.1, 0.15) is 11.3 Å². The first-order valence-corrected chi connectivity index (χ1v) is 3.96. The standard InChI is InChI=1S/C9H10N4/c1-5-2-3-12-9-6(10)4-7(11)13-8(5)9/h2-4H,1H3,(H4,10,11,13). The molecule has 13 heavy (non-hydrogen) atoms. The predicted octanol–water partition coefficient (Wildman–Crippen LogP) is 1.10. The van der Waals surface area contributed by atoms with Crippen molar-refractivity contribution in [3.8, 4) is 0 Å². The molecule has 0 spiro atoms. The largest absolute Gasteiger partial charge is 0.397 e. The number of hydrogen-bond donors (Lipinski definition) is 2. The van der Waals surface area contributed by atoms with Crippen LogP contribution in [0.2, 0.25) is 0 Å². The smallest absolute Gasteiger partial charge is 0.126 e. The molecule has 0 aliphatic heterocycles. The minimum absolute atomic E-state index is 0.432. The second-order valence-corrected chi connectivity index (χ2v) is 2.96. The summed E-state index contributed by atoms with van der Waals surface area (Å²) in [4.78, 5) is 8.31. The van der Waals surface area contributed by atoms with Crippen molar-refractivity contribution in [1.82, 2.24) is 9.97 Å². The zero-order valence-electron chi connectivity index (χ0n) is 7.28. The van der Waals surface area contributed by atoms with Gasteiger partial charge in [0, 0.05) is 12.3 Å². The van der Waals surface area contributed by atoms with Crippen LogP contribution in [0.5, 0.6) is 0 Å². The van der Waals surface area contributed by atoms with Crippen LogP contribution in [0.15, 0.2) is 18.3 Å². The van der Waals surface area contributed by atoms with Gasteiger partial charge in [0.25, 0.3) is 0 Å². The Morgan fingerprint density at radius 1 is 1.23 bits per heavy atom. The maximum atomic E-state index is 5.74. The van der Waals surface area contributed by atoms with Crippen LogP contribution in [0, 0.1) is 6.92 Å². The van der Waals surface area contributed by atoms with E-state index in [9.17, 15) is 0 Å². The van der Waals surface area contributed by atoms with Crippen molar-refractivity contribution < 1.29 is 0 Å². The minimum atomic E-state index is 0.432. The van der Waals surface area contributed by atoms with Crippen LogP contribution in [0.25, 0.3) is 11.0 Å². The van der Waals surface area contributed by atoms with E-state index in [1.165, 1.54) is 0 Å². The molecule has 4 heteroatoms. The van der Waals surface area contributed by atoms with E-state index in [1.807, 2.05) is 13.0 Å². The second-order valence-electron chi connectivity index (χ2n) is 2.96. The first kappa shape index (κ1) is 7.79. The van der Waals surface area contributed by atoms with Crippen molar-refractivity contribution in [2.45, 2.75) is 6.92 Å². The molecule has 0 amide bonds. The van der Waals surface area contributed by atoms with E-state index in [-0.39, 0.29) is 0 Å². The van der Waals surface area contributed by atoms with Crippen molar-refractivity contribution in [2.24, 2.45) is 0 Å². The minimum Gasteiger partial charge on any atom is -0.397 e. The number of nitrogen functional groups attached to an aromatic ring is 2. The number of pyridine rings is 2. The van der Waals surface area contributed by atoms with Gasteiger partial charge in [-0.3, -0.25) is 4.98 Å². The SMILES string of the molecule is Cc1ccnc2c(N)cc(N)nc12. The van der Waals surface area contributed by atoms with Gasteiger partial charge in [0.05, 0.1) is 11.2 Å². The van der Waals surface area contributed by atoms with Gasteiger partial charge in [0.15, 0.2) is 0 Å². The third kappa shape index (κ3) is 1.16. The third-order valence-corrected chi connectivity index (χ3v) is 1.94. The van der Waals surface area contributed by atoms with E-state index in [2.05, 4.69) is 9.97 Å². The molecule has 0 aliphatic rings. The number of nitrogens with two attached hydrogens (primary N) is 2. The number of hydrogen-bond acceptors (Lipinski definition) is 4. The molecule has 0 aliphatic carbocycles. The molecule has 2 aromatic rings. The lowest BCUT2D eigenvalue weighted by molar-refractivity contribution is 1.30. The fraction of sp³-hybridized carbons (Fsp3) is 0.111. The Kier molecular flexibility index (Phi) is 1.55. The van der Waals surface area contributed by atoms with Crippen molar-refractivity contribution in [3.05, 3.63) is 23.9 Å². The maximum Gasteiger partial charge on any atom is 0.126 e. The molecule has 66 valence electrons. The number of fused-ring (bicyclic) bond motifs is 1.